The molecule has 3 aromatic rings. The van der Waals surface area contributed by atoms with Gasteiger partial charge in [0.25, 0.3) is 0 Å². The molecule has 3 aliphatic heterocycles. The average molecular weight is 963 g/mol. The zero-order chi connectivity index (χ0) is 49.5. The first kappa shape index (κ1) is 50.4. The minimum Gasteiger partial charge on any atom is -0.480 e. The molecule has 21 heteroatoms. The third-order valence-corrected chi connectivity index (χ3v) is 11.7. The predicted octanol–water partition coefficient (Wildman–Crippen LogP) is 3.20. The third-order valence-electron chi connectivity index (χ3n) is 11.7. The van der Waals surface area contributed by atoms with E-state index in [2.05, 4.69) is 10.6 Å². The van der Waals surface area contributed by atoms with Crippen molar-refractivity contribution in [2.45, 2.75) is 127 Å². The highest BCUT2D eigenvalue weighted by molar-refractivity contribution is 5.81. The highest BCUT2D eigenvalue weighted by Gasteiger charge is 2.58. The van der Waals surface area contributed by atoms with Crippen LogP contribution in [0.25, 0.3) is 11.1 Å². The highest BCUT2D eigenvalue weighted by atomic mass is 16.8. The van der Waals surface area contributed by atoms with Gasteiger partial charge in [-0.25, -0.2) is 9.59 Å². The number of hydrogen-bond acceptors (Lipinski definition) is 18. The van der Waals surface area contributed by atoms with Crippen molar-refractivity contribution < 1.29 is 90.8 Å². The van der Waals surface area contributed by atoms with E-state index in [-0.39, 0.29) is 19.1 Å². The van der Waals surface area contributed by atoms with Crippen LogP contribution >= 0.6 is 0 Å². The highest BCUT2D eigenvalue weighted by Crippen LogP contribution is 2.45. The molecular weight excluding hydrogens is 909 g/mol. The second-order valence-corrected chi connectivity index (χ2v) is 16.7. The molecular formula is C48H54N2O19. The van der Waals surface area contributed by atoms with Crippen molar-refractivity contribution in [3.05, 3.63) is 95.6 Å². The van der Waals surface area contributed by atoms with E-state index in [0.717, 1.165) is 49.9 Å². The van der Waals surface area contributed by atoms with Gasteiger partial charge in [0, 0.05) is 46.1 Å². The van der Waals surface area contributed by atoms with Gasteiger partial charge < -0.3 is 67.8 Å². The monoisotopic (exact) mass is 962 g/mol. The van der Waals surface area contributed by atoms with Crippen LogP contribution in [-0.4, -0.2) is 140 Å². The molecule has 21 nitrogen and oxygen atoms in total. The maximum Gasteiger partial charge on any atom is 0.407 e. The minimum atomic E-state index is -1.77. The molecule has 0 spiro atoms. The van der Waals surface area contributed by atoms with Crippen LogP contribution < -0.4 is 10.6 Å². The SMILES string of the molecule is CC(=O)N[C@H]1[C@@H](O[C@@H](C)[C@H](NC(=O)OCC2c3ccccc3-c3ccccc32)C(=O)O)O[C@@H]2COC(c3ccccc3)O[C@@H]2[C@@H]1O[C@@H]1O[C@H](COC(C)=O)[C@H](OC(C)=O)[C@H](OC(C)=O)[C@H]1OC(C)=O. The maximum atomic E-state index is 13.4. The summed E-state index contributed by atoms with van der Waals surface area (Å²) in [5, 5.41) is 15.6. The Kier molecular flexibility index (Phi) is 16.3. The predicted molar refractivity (Wildman–Crippen MR) is 233 cm³/mol. The van der Waals surface area contributed by atoms with Crippen LogP contribution in [0.15, 0.2) is 78.9 Å². The second kappa shape index (κ2) is 22.3. The third kappa shape index (κ3) is 12.0. The first-order valence-corrected chi connectivity index (χ1v) is 22.2. The number of alkyl carbamates (subject to hydrolysis) is 1. The van der Waals surface area contributed by atoms with Crippen molar-refractivity contribution in [1.29, 1.82) is 0 Å². The molecule has 3 saturated heterocycles. The van der Waals surface area contributed by atoms with Gasteiger partial charge in [-0.1, -0.05) is 78.9 Å². The number of hydrogen-bond donors (Lipinski definition) is 3. The van der Waals surface area contributed by atoms with Crippen molar-refractivity contribution in [3.8, 4) is 11.1 Å². The lowest BCUT2D eigenvalue weighted by atomic mass is 9.94. The van der Waals surface area contributed by atoms with Gasteiger partial charge >= 0.3 is 35.9 Å². The smallest absolute Gasteiger partial charge is 0.407 e. The van der Waals surface area contributed by atoms with Crippen LogP contribution in [0.4, 0.5) is 4.79 Å². The number of ether oxygens (including phenoxy) is 11. The van der Waals surface area contributed by atoms with Crippen molar-refractivity contribution in [3.63, 3.8) is 0 Å². The van der Waals surface area contributed by atoms with Gasteiger partial charge in [-0.3, -0.25) is 24.0 Å². The second-order valence-electron chi connectivity index (χ2n) is 16.7. The summed E-state index contributed by atoms with van der Waals surface area (Å²) in [4.78, 5) is 89.2. The summed E-state index contributed by atoms with van der Waals surface area (Å²) in [5.74, 6) is -5.84. The van der Waals surface area contributed by atoms with E-state index < -0.39 is 128 Å². The molecule has 3 fully saturated rings. The van der Waals surface area contributed by atoms with Crippen LogP contribution in [0.5, 0.6) is 0 Å². The van der Waals surface area contributed by atoms with Crippen LogP contribution in [0.2, 0.25) is 0 Å². The number of carboxylic acid groups (broad SMARTS) is 1. The molecule has 2 amide bonds. The number of amides is 2. The normalized spacial score (nSPS) is 27.9. The quantitative estimate of drug-likeness (QED) is 0.137. The molecule has 3 aromatic carbocycles. The Balaban J connectivity index is 1.18. The fourth-order valence-corrected chi connectivity index (χ4v) is 8.91. The van der Waals surface area contributed by atoms with Gasteiger partial charge in [0.2, 0.25) is 5.91 Å². The number of esters is 4. The molecule has 0 aromatic heterocycles. The lowest BCUT2D eigenvalue weighted by Gasteiger charge is -2.51. The van der Waals surface area contributed by atoms with E-state index >= 15 is 0 Å². The number of fused-ring (bicyclic) bond motifs is 4. The van der Waals surface area contributed by atoms with Gasteiger partial charge in [-0.05, 0) is 29.2 Å². The molecule has 13 atom stereocenters. The summed E-state index contributed by atoms with van der Waals surface area (Å²) in [7, 11) is 0. The number of carbonyl (C=O) groups excluding carboxylic acids is 6. The zero-order valence-electron chi connectivity index (χ0n) is 38.5. The fourth-order valence-electron chi connectivity index (χ4n) is 8.91. The largest absolute Gasteiger partial charge is 0.480 e. The Labute approximate surface area is 396 Å². The van der Waals surface area contributed by atoms with E-state index in [9.17, 15) is 38.7 Å². The zero-order valence-corrected chi connectivity index (χ0v) is 38.5. The number of carboxylic acids is 1. The Morgan fingerprint density at radius 1 is 0.667 bits per heavy atom. The number of nitrogens with one attached hydrogen (secondary N) is 2. The van der Waals surface area contributed by atoms with Crippen LogP contribution in [0.1, 0.15) is 70.4 Å². The molecule has 3 heterocycles. The number of benzene rings is 3. The summed E-state index contributed by atoms with van der Waals surface area (Å²) in [6.45, 7) is 6.02. The Bertz CT molecular complexity index is 2320. The van der Waals surface area contributed by atoms with Crippen LogP contribution in [0, 0.1) is 0 Å². The molecule has 7 rings (SSSR count). The summed E-state index contributed by atoms with van der Waals surface area (Å²) in [6, 6.07) is 21.1. The Hall–Kier alpha value is -6.49. The van der Waals surface area contributed by atoms with Crippen molar-refractivity contribution in [1.82, 2.24) is 10.6 Å². The molecule has 370 valence electrons. The number of aliphatic carboxylic acids is 1. The van der Waals surface area contributed by atoms with Gasteiger partial charge in [0.1, 0.15) is 43.7 Å². The Morgan fingerprint density at radius 3 is 1.86 bits per heavy atom. The standard InChI is InChI=1S/C48H54N2O19/c1-23(37(44(56)57)50-48(58)61-20-34-32-18-12-10-16-30(32)31-17-11-13-19-33(31)34)62-46-38(49-24(2)51)41(39-36(66-46)22-60-45(68-39)29-14-8-7-9-15-29)69-47-43(65-28(6)55)42(64-27(5)54)40(63-26(4)53)35(67-47)21-59-25(3)52/h7-19,23,34-43,45-47H,20-22H2,1-6H3,(H,49,51)(H,50,58)(H,56,57)/t23-,35+,36+,37-,38+,39-,40-,41+,42-,43+,45?,46-,47-/m0/s1. The van der Waals surface area contributed by atoms with Crippen LogP contribution in [-0.2, 0) is 80.9 Å². The van der Waals surface area contributed by atoms with Gasteiger partial charge in [-0.2, -0.15) is 0 Å². The van der Waals surface area contributed by atoms with Crippen molar-refractivity contribution >= 4 is 41.8 Å². The van der Waals surface area contributed by atoms with E-state index in [1.165, 1.54) is 13.8 Å². The van der Waals surface area contributed by atoms with Gasteiger partial charge in [0.05, 0.1) is 12.7 Å². The molecule has 4 aliphatic rings. The molecule has 0 bridgehead atoms. The molecule has 0 radical (unpaired) electrons. The molecule has 0 saturated carbocycles. The summed E-state index contributed by atoms with van der Waals surface area (Å²) < 4.78 is 65.9. The fraction of sp³-hybridized carbons (Fsp3) is 0.479. The van der Waals surface area contributed by atoms with Gasteiger partial charge in [-0.15, -0.1) is 0 Å². The first-order chi connectivity index (χ1) is 33.0. The van der Waals surface area contributed by atoms with Crippen molar-refractivity contribution in [2.75, 3.05) is 19.8 Å². The topological polar surface area (TPSA) is 265 Å². The summed E-state index contributed by atoms with van der Waals surface area (Å²) >= 11 is 0. The molecule has 1 aliphatic carbocycles. The first-order valence-electron chi connectivity index (χ1n) is 22.2. The molecule has 3 N–H and O–H groups in total. The van der Waals surface area contributed by atoms with E-state index in [4.69, 9.17) is 52.1 Å². The van der Waals surface area contributed by atoms with Crippen molar-refractivity contribution in [2.24, 2.45) is 0 Å². The van der Waals surface area contributed by atoms with E-state index in [0.29, 0.717) is 5.56 Å². The lowest BCUT2D eigenvalue weighted by molar-refractivity contribution is -0.381. The van der Waals surface area contributed by atoms with E-state index in [1.54, 1.807) is 30.3 Å². The minimum absolute atomic E-state index is 0.108. The Morgan fingerprint density at radius 2 is 1.26 bits per heavy atom. The number of carbonyl (C=O) groups is 7. The molecule has 69 heavy (non-hydrogen) atoms. The average Bonchev–Trinajstić information content (AvgIpc) is 3.62. The maximum absolute atomic E-state index is 13.4. The van der Waals surface area contributed by atoms with Gasteiger partial charge in [0.15, 0.2) is 43.2 Å². The lowest BCUT2D eigenvalue weighted by Crippen LogP contribution is -2.70. The van der Waals surface area contributed by atoms with Crippen LogP contribution in [0.3, 0.4) is 0 Å². The number of rotatable bonds is 16. The van der Waals surface area contributed by atoms with E-state index in [1.807, 2.05) is 48.5 Å². The summed E-state index contributed by atoms with van der Waals surface area (Å²) in [6.07, 6.45) is -16.8. The molecule has 1 unspecified atom stereocenters. The summed E-state index contributed by atoms with van der Waals surface area (Å²) in [5.41, 5.74) is 4.48.